The first-order chi connectivity index (χ1) is 11.9. The molecule has 25 heavy (non-hydrogen) atoms. The van der Waals surface area contributed by atoms with Crippen LogP contribution in [-0.4, -0.2) is 23.5 Å². The van der Waals surface area contributed by atoms with Crippen molar-refractivity contribution in [2.45, 2.75) is 26.3 Å². The summed E-state index contributed by atoms with van der Waals surface area (Å²) in [7, 11) is 1.62. The number of hydrogen-bond acceptors (Lipinski definition) is 3. The summed E-state index contributed by atoms with van der Waals surface area (Å²) in [5, 5.41) is 4.79. The molecule has 0 bridgehead atoms. The van der Waals surface area contributed by atoms with Gasteiger partial charge in [-0.25, -0.2) is 0 Å². The van der Waals surface area contributed by atoms with Gasteiger partial charge in [-0.05, 0) is 39.0 Å². The fraction of sp³-hybridized carbons (Fsp3) is 0.238. The quantitative estimate of drug-likeness (QED) is 0.770. The van der Waals surface area contributed by atoms with Crippen LogP contribution in [0.3, 0.4) is 0 Å². The Hall–Kier alpha value is -2.88. The van der Waals surface area contributed by atoms with E-state index in [4.69, 9.17) is 4.74 Å². The first kappa shape index (κ1) is 17.0. The maximum atomic E-state index is 13.1. The van der Waals surface area contributed by atoms with Crippen LogP contribution in [-0.2, 0) is 0 Å². The Morgan fingerprint density at radius 2 is 1.80 bits per heavy atom. The van der Waals surface area contributed by atoms with Gasteiger partial charge in [0, 0.05) is 28.1 Å². The molecule has 0 unspecified atom stereocenters. The first-order valence-electron chi connectivity index (χ1n) is 8.24. The number of carbonyl (C=O) groups is 1. The lowest BCUT2D eigenvalue weighted by Gasteiger charge is -2.22. The van der Waals surface area contributed by atoms with E-state index in [1.165, 1.54) is 0 Å². The molecule has 4 nitrogen and oxygen atoms in total. The van der Waals surface area contributed by atoms with Gasteiger partial charge < -0.3 is 10.1 Å². The van der Waals surface area contributed by atoms with Crippen molar-refractivity contribution < 1.29 is 9.53 Å². The highest BCUT2D eigenvalue weighted by molar-refractivity contribution is 6.11. The van der Waals surface area contributed by atoms with Crippen LogP contribution in [0.5, 0.6) is 5.75 Å². The zero-order chi connectivity index (χ0) is 18.0. The van der Waals surface area contributed by atoms with Gasteiger partial charge in [-0.1, -0.05) is 30.3 Å². The van der Waals surface area contributed by atoms with Crippen molar-refractivity contribution in [1.29, 1.82) is 0 Å². The van der Waals surface area contributed by atoms with Crippen LogP contribution in [0.4, 0.5) is 0 Å². The molecule has 0 aliphatic heterocycles. The molecule has 1 amide bonds. The number of nitrogens with one attached hydrogen (secondary N) is 1. The van der Waals surface area contributed by atoms with Gasteiger partial charge in [0.2, 0.25) is 0 Å². The number of amides is 1. The highest BCUT2D eigenvalue weighted by atomic mass is 16.5. The summed E-state index contributed by atoms with van der Waals surface area (Å²) >= 11 is 0. The molecule has 4 heteroatoms. The Morgan fingerprint density at radius 1 is 1.08 bits per heavy atom. The maximum absolute atomic E-state index is 13.1. The lowest BCUT2D eigenvalue weighted by molar-refractivity contribution is 0.0921. The highest BCUT2D eigenvalue weighted by Gasteiger charge is 2.22. The van der Waals surface area contributed by atoms with Crippen LogP contribution in [0.15, 0.2) is 54.7 Å². The van der Waals surface area contributed by atoms with Crippen LogP contribution in [0.2, 0.25) is 0 Å². The predicted octanol–water partition coefficient (Wildman–Crippen LogP) is 4.44. The van der Waals surface area contributed by atoms with Crippen LogP contribution < -0.4 is 10.1 Å². The second kappa shape index (κ2) is 6.55. The summed E-state index contributed by atoms with van der Waals surface area (Å²) in [5.41, 5.74) is 1.80. The number of nitrogens with zero attached hydrogens (tertiary/aromatic N) is 1. The Balaban J connectivity index is 2.28. The molecule has 0 spiro atoms. The van der Waals surface area contributed by atoms with Gasteiger partial charge in [0.25, 0.3) is 5.91 Å². The van der Waals surface area contributed by atoms with E-state index < -0.39 is 0 Å². The average molecular weight is 334 g/mol. The molecule has 0 saturated carbocycles. The topological polar surface area (TPSA) is 51.2 Å². The molecule has 0 atom stereocenters. The molecular formula is C21H22N2O2. The standard InChI is InChI=1S/C21H22N2O2/c1-21(2,3)23-20(24)18-17-12-16(25-4)11-10-15(17)13-22-19(18)14-8-6-5-7-9-14/h5-13H,1-4H3,(H,23,24). The lowest BCUT2D eigenvalue weighted by atomic mass is 9.98. The Morgan fingerprint density at radius 3 is 2.44 bits per heavy atom. The molecule has 0 aliphatic rings. The third-order valence-corrected chi connectivity index (χ3v) is 3.86. The number of methoxy groups -OCH3 is 1. The molecule has 0 aliphatic carbocycles. The zero-order valence-electron chi connectivity index (χ0n) is 15.0. The van der Waals surface area contributed by atoms with E-state index >= 15 is 0 Å². The summed E-state index contributed by atoms with van der Waals surface area (Å²) in [4.78, 5) is 17.7. The van der Waals surface area contributed by atoms with Crippen LogP contribution >= 0.6 is 0 Å². The Labute approximate surface area is 147 Å². The van der Waals surface area contributed by atoms with E-state index in [1.807, 2.05) is 69.3 Å². The SMILES string of the molecule is COc1ccc2cnc(-c3ccccc3)c(C(=O)NC(C)(C)C)c2c1. The second-order valence-electron chi connectivity index (χ2n) is 7.01. The molecular weight excluding hydrogens is 312 g/mol. The molecule has 0 fully saturated rings. The Kier molecular flexibility index (Phi) is 4.45. The van der Waals surface area contributed by atoms with Gasteiger partial charge in [0.1, 0.15) is 5.75 Å². The number of carbonyl (C=O) groups excluding carboxylic acids is 1. The van der Waals surface area contributed by atoms with Crippen molar-refractivity contribution in [3.05, 3.63) is 60.3 Å². The smallest absolute Gasteiger partial charge is 0.254 e. The number of hydrogen-bond donors (Lipinski definition) is 1. The molecule has 0 radical (unpaired) electrons. The third-order valence-electron chi connectivity index (χ3n) is 3.86. The lowest BCUT2D eigenvalue weighted by Crippen LogP contribution is -2.41. The number of pyridine rings is 1. The van der Waals surface area contributed by atoms with E-state index in [9.17, 15) is 4.79 Å². The molecule has 2 aromatic carbocycles. The van der Waals surface area contributed by atoms with E-state index in [2.05, 4.69) is 10.3 Å². The maximum Gasteiger partial charge on any atom is 0.254 e. The van der Waals surface area contributed by atoms with E-state index in [0.29, 0.717) is 17.0 Å². The minimum absolute atomic E-state index is 0.141. The summed E-state index contributed by atoms with van der Waals surface area (Å²) in [6.45, 7) is 5.89. The average Bonchev–Trinajstić information content (AvgIpc) is 2.59. The summed E-state index contributed by atoms with van der Waals surface area (Å²) in [5.74, 6) is 0.570. The molecule has 1 heterocycles. The number of rotatable bonds is 3. The van der Waals surface area contributed by atoms with Crippen molar-refractivity contribution in [3.63, 3.8) is 0 Å². The van der Waals surface area contributed by atoms with Gasteiger partial charge in [0.15, 0.2) is 0 Å². The number of fused-ring (bicyclic) bond motifs is 1. The fourth-order valence-electron chi connectivity index (χ4n) is 2.77. The van der Waals surface area contributed by atoms with Crippen molar-refractivity contribution in [2.75, 3.05) is 7.11 Å². The van der Waals surface area contributed by atoms with Crippen molar-refractivity contribution in [3.8, 4) is 17.0 Å². The van der Waals surface area contributed by atoms with Gasteiger partial charge >= 0.3 is 0 Å². The predicted molar refractivity (Wildman–Crippen MR) is 101 cm³/mol. The monoisotopic (exact) mass is 334 g/mol. The van der Waals surface area contributed by atoms with Crippen molar-refractivity contribution in [2.24, 2.45) is 0 Å². The van der Waals surface area contributed by atoms with Crippen LogP contribution in [0, 0.1) is 0 Å². The molecule has 3 aromatic rings. The minimum Gasteiger partial charge on any atom is -0.497 e. The highest BCUT2D eigenvalue weighted by Crippen LogP contribution is 2.31. The summed E-state index contributed by atoms with van der Waals surface area (Å²) in [6.07, 6.45) is 1.80. The number of benzene rings is 2. The van der Waals surface area contributed by atoms with E-state index in [1.54, 1.807) is 13.3 Å². The van der Waals surface area contributed by atoms with Crippen LogP contribution in [0.1, 0.15) is 31.1 Å². The first-order valence-corrected chi connectivity index (χ1v) is 8.24. The Bertz CT molecular complexity index is 912. The summed E-state index contributed by atoms with van der Waals surface area (Å²) in [6, 6.07) is 15.4. The number of aromatic nitrogens is 1. The van der Waals surface area contributed by atoms with Crippen molar-refractivity contribution >= 4 is 16.7 Å². The second-order valence-corrected chi connectivity index (χ2v) is 7.01. The number of ether oxygens (including phenoxy) is 1. The molecule has 1 N–H and O–H groups in total. The van der Waals surface area contributed by atoms with Gasteiger partial charge in [0.05, 0.1) is 18.4 Å². The molecule has 1 aromatic heterocycles. The normalized spacial score (nSPS) is 11.4. The van der Waals surface area contributed by atoms with Crippen LogP contribution in [0.25, 0.3) is 22.0 Å². The van der Waals surface area contributed by atoms with Gasteiger partial charge in [-0.15, -0.1) is 0 Å². The zero-order valence-corrected chi connectivity index (χ0v) is 15.0. The summed E-state index contributed by atoms with van der Waals surface area (Å²) < 4.78 is 5.35. The van der Waals surface area contributed by atoms with Gasteiger partial charge in [-0.2, -0.15) is 0 Å². The minimum atomic E-state index is -0.341. The largest absolute Gasteiger partial charge is 0.497 e. The fourth-order valence-corrected chi connectivity index (χ4v) is 2.77. The third kappa shape index (κ3) is 3.63. The molecule has 0 saturated heterocycles. The van der Waals surface area contributed by atoms with E-state index in [0.717, 1.165) is 16.3 Å². The van der Waals surface area contributed by atoms with E-state index in [-0.39, 0.29) is 11.4 Å². The van der Waals surface area contributed by atoms with Crippen molar-refractivity contribution in [1.82, 2.24) is 10.3 Å². The molecule has 3 rings (SSSR count). The van der Waals surface area contributed by atoms with Gasteiger partial charge in [-0.3, -0.25) is 9.78 Å². The molecule has 128 valence electrons.